The van der Waals surface area contributed by atoms with Gasteiger partial charge < -0.3 is 9.72 Å². The molecular formula is C19H18N4O6S2. The Morgan fingerprint density at radius 1 is 1.23 bits per heavy atom. The maximum atomic E-state index is 13.0. The van der Waals surface area contributed by atoms with Gasteiger partial charge in [-0.2, -0.15) is 4.31 Å². The number of Topliss-reactive ketones (excluding diaryl/α,β-unsaturated/α-hetero) is 1. The van der Waals surface area contributed by atoms with Crippen molar-refractivity contribution in [1.82, 2.24) is 14.3 Å². The molecule has 0 aliphatic carbocycles. The maximum absolute atomic E-state index is 13.0. The monoisotopic (exact) mass is 462 g/mol. The molecule has 2 N–H and O–H groups in total. The summed E-state index contributed by atoms with van der Waals surface area (Å²) in [5.74, 6) is -0.877. The van der Waals surface area contributed by atoms with Crippen molar-refractivity contribution in [2.45, 2.75) is 11.8 Å². The molecule has 2 aromatic heterocycles. The number of H-pyrrole nitrogens is 1. The summed E-state index contributed by atoms with van der Waals surface area (Å²) in [6, 6.07) is 5.32. The third kappa shape index (κ3) is 4.28. The minimum Gasteiger partial charge on any atom is -0.379 e. The molecule has 10 nitrogen and oxygen atoms in total. The Kier molecular flexibility index (Phi) is 5.71. The second-order valence-electron chi connectivity index (χ2n) is 6.82. The minimum absolute atomic E-state index is 0.00245. The fourth-order valence-electron chi connectivity index (χ4n) is 3.17. The highest BCUT2D eigenvalue weighted by molar-refractivity contribution is 7.89. The van der Waals surface area contributed by atoms with Gasteiger partial charge in [0.05, 0.1) is 23.7 Å². The summed E-state index contributed by atoms with van der Waals surface area (Å²) >= 11 is 1.07. The smallest absolute Gasteiger partial charge is 0.258 e. The Morgan fingerprint density at radius 2 is 1.97 bits per heavy atom. The van der Waals surface area contributed by atoms with Crippen molar-refractivity contribution < 1.29 is 22.7 Å². The summed E-state index contributed by atoms with van der Waals surface area (Å²) in [4.78, 5) is 43.0. The number of carbonyl (C=O) groups is 2. The van der Waals surface area contributed by atoms with Crippen molar-refractivity contribution in [3.8, 4) is 0 Å². The number of rotatable bonds is 5. The fourth-order valence-corrected chi connectivity index (χ4v) is 5.35. The number of thiazole rings is 1. The predicted octanol–water partition coefficient (Wildman–Crippen LogP) is 1.46. The van der Waals surface area contributed by atoms with Crippen LogP contribution in [0.2, 0.25) is 0 Å². The molecule has 12 heteroatoms. The molecule has 0 radical (unpaired) electrons. The molecule has 1 aliphatic rings. The highest BCUT2D eigenvalue weighted by atomic mass is 32.2. The van der Waals surface area contributed by atoms with Gasteiger partial charge >= 0.3 is 0 Å². The van der Waals surface area contributed by atoms with Gasteiger partial charge in [0.25, 0.3) is 5.91 Å². The number of aromatic amines is 1. The Morgan fingerprint density at radius 3 is 2.65 bits per heavy atom. The number of nitrogens with one attached hydrogen (secondary N) is 2. The van der Waals surface area contributed by atoms with E-state index in [0.29, 0.717) is 18.7 Å². The van der Waals surface area contributed by atoms with E-state index in [9.17, 15) is 22.8 Å². The number of carbonyl (C=O) groups excluding carboxylic acids is 2. The largest absolute Gasteiger partial charge is 0.379 e. The van der Waals surface area contributed by atoms with Crippen LogP contribution in [-0.4, -0.2) is 60.7 Å². The molecule has 3 heterocycles. The van der Waals surface area contributed by atoms with Crippen LogP contribution in [0.4, 0.5) is 5.13 Å². The first-order valence-electron chi connectivity index (χ1n) is 9.28. The van der Waals surface area contributed by atoms with Crippen LogP contribution in [0.1, 0.15) is 27.8 Å². The van der Waals surface area contributed by atoms with Crippen molar-refractivity contribution in [2.75, 3.05) is 31.6 Å². The van der Waals surface area contributed by atoms with E-state index in [4.69, 9.17) is 4.74 Å². The number of pyridine rings is 1. The number of ether oxygens (including phenoxy) is 1. The van der Waals surface area contributed by atoms with Gasteiger partial charge in [-0.1, -0.05) is 0 Å². The Labute approximate surface area is 180 Å². The highest BCUT2D eigenvalue weighted by Crippen LogP contribution is 2.24. The van der Waals surface area contributed by atoms with Crippen LogP contribution in [-0.2, 0) is 14.8 Å². The van der Waals surface area contributed by atoms with Gasteiger partial charge in [-0.3, -0.25) is 19.7 Å². The van der Waals surface area contributed by atoms with E-state index in [-0.39, 0.29) is 45.5 Å². The standard InChI is InChI=1S/C19H18N4O6S2/c1-11(24)16-10-30-19(21-16)22-18(26)14-9-17(25)20-15-3-2-12(8-13(14)15)31(27,28)23-4-6-29-7-5-23/h2-3,8-10H,4-7H2,1H3,(H,20,25)(H,21,22,26). The summed E-state index contributed by atoms with van der Waals surface area (Å²) in [6.45, 7) is 2.46. The van der Waals surface area contributed by atoms with Crippen LogP contribution in [0.25, 0.3) is 10.9 Å². The van der Waals surface area contributed by atoms with E-state index in [1.807, 2.05) is 0 Å². The van der Waals surface area contributed by atoms with E-state index in [2.05, 4.69) is 15.3 Å². The SMILES string of the molecule is CC(=O)c1csc(NC(=O)c2cc(=O)[nH]c3ccc(S(=O)(=O)N4CCOCC4)cc23)n1. The molecule has 162 valence electrons. The number of nitrogens with zero attached hydrogens (tertiary/aromatic N) is 2. The Balaban J connectivity index is 1.74. The molecule has 1 aromatic carbocycles. The second kappa shape index (κ2) is 8.30. The summed E-state index contributed by atoms with van der Waals surface area (Å²) in [7, 11) is -3.79. The average molecular weight is 463 g/mol. The number of fused-ring (bicyclic) bond motifs is 1. The second-order valence-corrected chi connectivity index (χ2v) is 9.62. The number of benzene rings is 1. The van der Waals surface area contributed by atoms with Gasteiger partial charge in [-0.05, 0) is 18.2 Å². The molecule has 0 bridgehead atoms. The van der Waals surface area contributed by atoms with E-state index < -0.39 is 21.5 Å². The summed E-state index contributed by atoms with van der Waals surface area (Å²) in [6.07, 6.45) is 0. The molecule has 0 atom stereocenters. The minimum atomic E-state index is -3.79. The zero-order valence-corrected chi connectivity index (χ0v) is 18.0. The molecule has 4 rings (SSSR count). The van der Waals surface area contributed by atoms with E-state index in [1.165, 1.54) is 34.8 Å². The summed E-state index contributed by atoms with van der Waals surface area (Å²) < 4.78 is 32.5. The number of morpholine rings is 1. The lowest BCUT2D eigenvalue weighted by Gasteiger charge is -2.26. The van der Waals surface area contributed by atoms with Gasteiger partial charge in [0.15, 0.2) is 10.9 Å². The number of ketones is 1. The van der Waals surface area contributed by atoms with Crippen LogP contribution in [0.15, 0.2) is 39.3 Å². The van der Waals surface area contributed by atoms with Crippen LogP contribution in [0.5, 0.6) is 0 Å². The lowest BCUT2D eigenvalue weighted by molar-refractivity contribution is 0.0730. The molecule has 1 saturated heterocycles. The lowest BCUT2D eigenvalue weighted by atomic mass is 10.1. The van der Waals surface area contributed by atoms with Crippen molar-refractivity contribution >= 4 is 49.1 Å². The number of sulfonamides is 1. The van der Waals surface area contributed by atoms with Crippen molar-refractivity contribution in [1.29, 1.82) is 0 Å². The first-order chi connectivity index (χ1) is 14.8. The van der Waals surface area contributed by atoms with Crippen LogP contribution >= 0.6 is 11.3 Å². The van der Waals surface area contributed by atoms with Crippen LogP contribution < -0.4 is 10.9 Å². The average Bonchev–Trinajstić information content (AvgIpc) is 3.22. The third-order valence-electron chi connectivity index (χ3n) is 4.75. The van der Waals surface area contributed by atoms with Gasteiger partial charge in [0, 0.05) is 42.4 Å². The molecule has 1 fully saturated rings. The fraction of sp³-hybridized carbons (Fsp3) is 0.263. The molecule has 0 saturated carbocycles. The Bertz CT molecular complexity index is 1340. The van der Waals surface area contributed by atoms with Gasteiger partial charge in [0.2, 0.25) is 15.6 Å². The van der Waals surface area contributed by atoms with Crippen molar-refractivity contribution in [3.05, 3.63) is 51.3 Å². The maximum Gasteiger partial charge on any atom is 0.258 e. The highest BCUT2D eigenvalue weighted by Gasteiger charge is 2.27. The normalized spacial score (nSPS) is 15.1. The van der Waals surface area contributed by atoms with Crippen molar-refractivity contribution in [3.63, 3.8) is 0 Å². The third-order valence-corrected chi connectivity index (χ3v) is 7.40. The van der Waals surface area contributed by atoms with Crippen LogP contribution in [0, 0.1) is 0 Å². The van der Waals surface area contributed by atoms with E-state index in [1.54, 1.807) is 0 Å². The molecule has 1 aliphatic heterocycles. The van der Waals surface area contributed by atoms with Gasteiger partial charge in [-0.15, -0.1) is 11.3 Å². The first-order valence-corrected chi connectivity index (χ1v) is 11.6. The number of amides is 1. The quantitative estimate of drug-likeness (QED) is 0.547. The van der Waals surface area contributed by atoms with Gasteiger partial charge in [-0.25, -0.2) is 13.4 Å². The predicted molar refractivity (Wildman–Crippen MR) is 114 cm³/mol. The first kappa shape index (κ1) is 21.3. The number of hydrogen-bond donors (Lipinski definition) is 2. The number of anilines is 1. The topological polar surface area (TPSA) is 139 Å². The summed E-state index contributed by atoms with van der Waals surface area (Å²) in [5.41, 5.74) is 0.0273. The molecule has 0 unspecified atom stereocenters. The van der Waals surface area contributed by atoms with Crippen LogP contribution in [0.3, 0.4) is 0 Å². The van der Waals surface area contributed by atoms with Crippen molar-refractivity contribution in [2.24, 2.45) is 0 Å². The zero-order valence-electron chi connectivity index (χ0n) is 16.4. The molecule has 3 aromatic rings. The van der Waals surface area contributed by atoms with Gasteiger partial charge in [0.1, 0.15) is 5.69 Å². The summed E-state index contributed by atoms with van der Waals surface area (Å²) in [5, 5.41) is 4.54. The molecule has 31 heavy (non-hydrogen) atoms. The van der Waals surface area contributed by atoms with E-state index >= 15 is 0 Å². The molecule has 0 spiro atoms. The zero-order chi connectivity index (χ0) is 22.2. The number of aromatic nitrogens is 2. The van der Waals surface area contributed by atoms with E-state index in [0.717, 1.165) is 17.4 Å². The number of hydrogen-bond acceptors (Lipinski definition) is 8. The molecular weight excluding hydrogens is 444 g/mol. The Hall–Kier alpha value is -2.93. The molecule has 1 amide bonds. The lowest BCUT2D eigenvalue weighted by Crippen LogP contribution is -2.40.